The molecule has 126 valence electrons. The molecule has 1 aromatic heterocycles. The number of amides is 1. The van der Waals surface area contributed by atoms with Crippen molar-refractivity contribution in [2.45, 2.75) is 19.9 Å². The molecule has 1 saturated heterocycles. The van der Waals surface area contributed by atoms with Gasteiger partial charge in [-0.15, -0.1) is 0 Å². The van der Waals surface area contributed by atoms with Crippen molar-refractivity contribution in [3.63, 3.8) is 0 Å². The van der Waals surface area contributed by atoms with Crippen LogP contribution in [0.1, 0.15) is 34.6 Å². The number of halogens is 1. The molecule has 1 aromatic carbocycles. The van der Waals surface area contributed by atoms with Gasteiger partial charge in [0.05, 0.1) is 5.56 Å². The molecule has 2 heterocycles. The van der Waals surface area contributed by atoms with Crippen LogP contribution in [0.3, 0.4) is 0 Å². The summed E-state index contributed by atoms with van der Waals surface area (Å²) in [4.78, 5) is 20.8. The minimum atomic E-state index is -0.172. The molecular formula is C19H22FN3O. The second-order valence-corrected chi connectivity index (χ2v) is 6.21. The molecule has 5 heteroatoms. The Bertz CT molecular complexity index is 709. The van der Waals surface area contributed by atoms with Gasteiger partial charge in [0, 0.05) is 49.7 Å². The molecule has 0 radical (unpaired) electrons. The van der Waals surface area contributed by atoms with Crippen molar-refractivity contribution in [3.8, 4) is 0 Å². The summed E-state index contributed by atoms with van der Waals surface area (Å²) in [5.41, 5.74) is 2.23. The Labute approximate surface area is 141 Å². The highest BCUT2D eigenvalue weighted by molar-refractivity contribution is 5.94. The van der Waals surface area contributed by atoms with Gasteiger partial charge < -0.3 is 4.90 Å². The number of aryl methyl sites for hydroxylation is 1. The molecule has 0 aliphatic carbocycles. The average Bonchev–Trinajstić information content (AvgIpc) is 2.62. The fraction of sp³-hybridized carbons (Fsp3) is 0.368. The van der Waals surface area contributed by atoms with E-state index in [1.165, 1.54) is 6.07 Å². The van der Waals surface area contributed by atoms with Gasteiger partial charge in [-0.05, 0) is 32.0 Å². The lowest BCUT2D eigenvalue weighted by Gasteiger charge is -2.38. The molecule has 0 N–H and O–H groups in total. The summed E-state index contributed by atoms with van der Waals surface area (Å²) in [5, 5.41) is 0. The maximum Gasteiger partial charge on any atom is 0.255 e. The fourth-order valence-electron chi connectivity index (χ4n) is 3.10. The van der Waals surface area contributed by atoms with Crippen molar-refractivity contribution < 1.29 is 9.18 Å². The van der Waals surface area contributed by atoms with Gasteiger partial charge in [0.2, 0.25) is 0 Å². The van der Waals surface area contributed by atoms with Crippen molar-refractivity contribution in [2.24, 2.45) is 0 Å². The SMILES string of the molecule is Cc1ccc(C(=O)N2CCN([C@H](C)c3ccccc3F)CC2)cn1. The van der Waals surface area contributed by atoms with Gasteiger partial charge in [-0.25, -0.2) is 4.39 Å². The smallest absolute Gasteiger partial charge is 0.255 e. The van der Waals surface area contributed by atoms with Gasteiger partial charge in [0.25, 0.3) is 5.91 Å². The van der Waals surface area contributed by atoms with Crippen LogP contribution in [0.15, 0.2) is 42.6 Å². The largest absolute Gasteiger partial charge is 0.336 e. The average molecular weight is 327 g/mol. The number of benzene rings is 1. The lowest BCUT2D eigenvalue weighted by atomic mass is 10.1. The van der Waals surface area contributed by atoms with Crippen molar-refractivity contribution in [3.05, 3.63) is 65.2 Å². The molecule has 0 spiro atoms. The van der Waals surface area contributed by atoms with Crippen LogP contribution in [0.4, 0.5) is 4.39 Å². The molecule has 2 aromatic rings. The molecule has 1 fully saturated rings. The van der Waals surface area contributed by atoms with Gasteiger partial charge in [0.15, 0.2) is 0 Å². The van der Waals surface area contributed by atoms with Crippen LogP contribution in [0.5, 0.6) is 0 Å². The summed E-state index contributed by atoms with van der Waals surface area (Å²) in [7, 11) is 0. The highest BCUT2D eigenvalue weighted by Gasteiger charge is 2.26. The zero-order chi connectivity index (χ0) is 17.1. The summed E-state index contributed by atoms with van der Waals surface area (Å²) >= 11 is 0. The number of piperazine rings is 1. The number of carbonyl (C=O) groups excluding carboxylic acids is 1. The normalized spacial score (nSPS) is 16.9. The van der Waals surface area contributed by atoms with Gasteiger partial charge in [-0.1, -0.05) is 18.2 Å². The second-order valence-electron chi connectivity index (χ2n) is 6.21. The molecule has 0 saturated carbocycles. The van der Waals surface area contributed by atoms with E-state index in [0.29, 0.717) is 24.2 Å². The predicted molar refractivity (Wildman–Crippen MR) is 91.3 cm³/mol. The first-order valence-electron chi connectivity index (χ1n) is 8.26. The zero-order valence-corrected chi connectivity index (χ0v) is 14.1. The second kappa shape index (κ2) is 7.09. The van der Waals surface area contributed by atoms with E-state index in [1.54, 1.807) is 12.3 Å². The predicted octanol–water partition coefficient (Wildman–Crippen LogP) is 3.05. The van der Waals surface area contributed by atoms with Crippen molar-refractivity contribution in [1.82, 2.24) is 14.8 Å². The van der Waals surface area contributed by atoms with Crippen molar-refractivity contribution in [2.75, 3.05) is 26.2 Å². The van der Waals surface area contributed by atoms with Crippen LogP contribution < -0.4 is 0 Å². The molecule has 3 rings (SSSR count). The Balaban J connectivity index is 1.62. The minimum absolute atomic E-state index is 0.00416. The first kappa shape index (κ1) is 16.6. The van der Waals surface area contributed by atoms with E-state index < -0.39 is 0 Å². The lowest BCUT2D eigenvalue weighted by molar-refractivity contribution is 0.0578. The maximum absolute atomic E-state index is 14.0. The van der Waals surface area contributed by atoms with E-state index in [4.69, 9.17) is 0 Å². The third-order valence-corrected chi connectivity index (χ3v) is 4.66. The minimum Gasteiger partial charge on any atom is -0.336 e. The Morgan fingerprint density at radius 3 is 2.46 bits per heavy atom. The third kappa shape index (κ3) is 3.46. The van der Waals surface area contributed by atoms with Crippen LogP contribution in [0.2, 0.25) is 0 Å². The zero-order valence-electron chi connectivity index (χ0n) is 14.1. The highest BCUT2D eigenvalue weighted by Crippen LogP contribution is 2.24. The number of rotatable bonds is 3. The van der Waals surface area contributed by atoms with Gasteiger partial charge >= 0.3 is 0 Å². The maximum atomic E-state index is 14.0. The number of aromatic nitrogens is 1. The highest BCUT2D eigenvalue weighted by atomic mass is 19.1. The summed E-state index contributed by atoms with van der Waals surface area (Å²) < 4.78 is 14.0. The molecule has 24 heavy (non-hydrogen) atoms. The molecule has 1 aliphatic heterocycles. The summed E-state index contributed by atoms with van der Waals surface area (Å²) in [6.45, 7) is 6.68. The molecule has 4 nitrogen and oxygen atoms in total. The lowest BCUT2D eigenvalue weighted by Crippen LogP contribution is -2.49. The first-order valence-corrected chi connectivity index (χ1v) is 8.26. The number of carbonyl (C=O) groups is 1. The quantitative estimate of drug-likeness (QED) is 0.869. The van der Waals surface area contributed by atoms with Crippen LogP contribution in [0, 0.1) is 12.7 Å². The summed E-state index contributed by atoms with van der Waals surface area (Å²) in [6, 6.07) is 10.6. The topological polar surface area (TPSA) is 36.4 Å². The molecular weight excluding hydrogens is 305 g/mol. The van der Waals surface area contributed by atoms with E-state index in [2.05, 4.69) is 9.88 Å². The fourth-order valence-corrected chi connectivity index (χ4v) is 3.10. The Hall–Kier alpha value is -2.27. The molecule has 1 amide bonds. The summed E-state index contributed by atoms with van der Waals surface area (Å²) in [6.07, 6.45) is 1.63. The third-order valence-electron chi connectivity index (χ3n) is 4.66. The van der Waals surface area contributed by atoms with Gasteiger partial charge in [-0.2, -0.15) is 0 Å². The number of hydrogen-bond acceptors (Lipinski definition) is 3. The first-order chi connectivity index (χ1) is 11.6. The van der Waals surface area contributed by atoms with E-state index in [0.717, 1.165) is 18.8 Å². The van der Waals surface area contributed by atoms with E-state index in [1.807, 2.05) is 43.0 Å². The standard InChI is InChI=1S/C19H22FN3O/c1-14-7-8-16(13-21-14)19(24)23-11-9-22(10-12-23)15(2)17-5-3-4-6-18(17)20/h3-8,13,15H,9-12H2,1-2H3/t15-/m1/s1. The van der Waals surface area contributed by atoms with Crippen LogP contribution in [-0.2, 0) is 0 Å². The van der Waals surface area contributed by atoms with Gasteiger partial charge in [0.1, 0.15) is 5.82 Å². The van der Waals surface area contributed by atoms with Crippen LogP contribution in [-0.4, -0.2) is 46.9 Å². The molecule has 1 atom stereocenters. The Morgan fingerprint density at radius 2 is 1.83 bits per heavy atom. The van der Waals surface area contributed by atoms with E-state index in [-0.39, 0.29) is 17.8 Å². The van der Waals surface area contributed by atoms with Gasteiger partial charge in [-0.3, -0.25) is 14.7 Å². The van der Waals surface area contributed by atoms with Crippen LogP contribution in [0.25, 0.3) is 0 Å². The Kier molecular flexibility index (Phi) is 4.90. The van der Waals surface area contributed by atoms with Crippen LogP contribution >= 0.6 is 0 Å². The summed E-state index contributed by atoms with van der Waals surface area (Å²) in [5.74, 6) is -0.157. The van der Waals surface area contributed by atoms with Crippen molar-refractivity contribution in [1.29, 1.82) is 0 Å². The molecule has 0 unspecified atom stereocenters. The van der Waals surface area contributed by atoms with E-state index in [9.17, 15) is 9.18 Å². The number of hydrogen-bond donors (Lipinski definition) is 0. The monoisotopic (exact) mass is 327 g/mol. The Morgan fingerprint density at radius 1 is 1.12 bits per heavy atom. The molecule has 0 bridgehead atoms. The van der Waals surface area contributed by atoms with E-state index >= 15 is 0 Å². The molecule has 1 aliphatic rings. The van der Waals surface area contributed by atoms with Crippen molar-refractivity contribution >= 4 is 5.91 Å². The number of pyridine rings is 1. The number of nitrogens with zero attached hydrogens (tertiary/aromatic N) is 3.